The molecule has 8 unspecified atom stereocenters. The Labute approximate surface area is 314 Å². The van der Waals surface area contributed by atoms with Crippen molar-refractivity contribution < 1.29 is 57.0 Å². The molecule has 1 fully saturated rings. The second-order valence-corrected chi connectivity index (χ2v) is 15.8. The van der Waals surface area contributed by atoms with Crippen molar-refractivity contribution in [1.29, 1.82) is 0 Å². The molecule has 1 saturated heterocycles. The fourth-order valence-electron chi connectivity index (χ4n) is 6.70. The molecule has 0 aliphatic carbocycles. The van der Waals surface area contributed by atoms with Crippen LogP contribution in [0.2, 0.25) is 0 Å². The van der Waals surface area contributed by atoms with Crippen molar-refractivity contribution in [3.8, 4) is 0 Å². The summed E-state index contributed by atoms with van der Waals surface area (Å²) >= 11 is 0. The van der Waals surface area contributed by atoms with E-state index in [4.69, 9.17) is 14.0 Å². The molecule has 0 spiro atoms. The summed E-state index contributed by atoms with van der Waals surface area (Å²) in [6.07, 6.45) is 16.2. The smallest absolute Gasteiger partial charge is 0.394 e. The molecule has 0 aromatic rings. The SMILES string of the molecule is CCCCCCCCCCCCCCCCCCC(O)C(=O)NC(COC1OC(CO)C(O)C(OS(=O)(=O)O)C1O)C(O)CCCCCCCCC. The van der Waals surface area contributed by atoms with Crippen LogP contribution in [0.1, 0.15) is 174 Å². The van der Waals surface area contributed by atoms with E-state index in [1.165, 1.54) is 83.5 Å². The minimum absolute atomic E-state index is 0.265. The summed E-state index contributed by atoms with van der Waals surface area (Å²) in [5, 5.41) is 54.9. The number of carbonyl (C=O) groups excluding carboxylic acids is 1. The largest absolute Gasteiger partial charge is 0.397 e. The Morgan fingerprint density at radius 1 is 0.692 bits per heavy atom. The lowest BCUT2D eigenvalue weighted by Crippen LogP contribution is -2.61. The molecule has 0 aromatic heterocycles. The van der Waals surface area contributed by atoms with Gasteiger partial charge in [0.2, 0.25) is 5.91 Å². The van der Waals surface area contributed by atoms with Crippen LogP contribution < -0.4 is 5.32 Å². The van der Waals surface area contributed by atoms with Crippen molar-refractivity contribution >= 4 is 16.3 Å². The second kappa shape index (κ2) is 30.3. The first kappa shape index (κ1) is 49.1. The number of ether oxygens (including phenoxy) is 2. The highest BCUT2D eigenvalue weighted by Crippen LogP contribution is 2.26. The Morgan fingerprint density at radius 2 is 1.12 bits per heavy atom. The number of amides is 1. The lowest BCUT2D eigenvalue weighted by molar-refractivity contribution is -0.298. The Kier molecular flexibility index (Phi) is 28.6. The van der Waals surface area contributed by atoms with Gasteiger partial charge >= 0.3 is 10.4 Å². The molecule has 1 rings (SSSR count). The summed E-state index contributed by atoms with van der Waals surface area (Å²) in [5.41, 5.74) is 0. The van der Waals surface area contributed by atoms with E-state index in [0.717, 1.165) is 51.4 Å². The van der Waals surface area contributed by atoms with E-state index in [1.54, 1.807) is 0 Å². The number of rotatable bonds is 34. The molecule has 8 atom stereocenters. The predicted molar refractivity (Wildman–Crippen MR) is 201 cm³/mol. The molecule has 13 nitrogen and oxygen atoms in total. The van der Waals surface area contributed by atoms with Crippen molar-refractivity contribution in [3.05, 3.63) is 0 Å². The van der Waals surface area contributed by atoms with E-state index in [2.05, 4.69) is 23.3 Å². The van der Waals surface area contributed by atoms with Crippen LogP contribution in [0.4, 0.5) is 0 Å². The van der Waals surface area contributed by atoms with Crippen molar-refractivity contribution in [1.82, 2.24) is 5.32 Å². The molecule has 1 amide bonds. The third-order valence-corrected chi connectivity index (χ3v) is 10.5. The molecule has 1 aliphatic heterocycles. The maximum absolute atomic E-state index is 13.0. The Morgan fingerprint density at radius 3 is 1.54 bits per heavy atom. The van der Waals surface area contributed by atoms with E-state index in [-0.39, 0.29) is 6.42 Å². The first-order valence-corrected chi connectivity index (χ1v) is 21.9. The zero-order valence-electron chi connectivity index (χ0n) is 32.3. The highest BCUT2D eigenvalue weighted by molar-refractivity contribution is 7.80. The summed E-state index contributed by atoms with van der Waals surface area (Å²) in [6, 6.07) is -1.02. The first-order valence-electron chi connectivity index (χ1n) is 20.5. The summed E-state index contributed by atoms with van der Waals surface area (Å²) in [7, 11) is -5.10. The quantitative estimate of drug-likeness (QED) is 0.0314. The Balaban J connectivity index is 2.54. The van der Waals surface area contributed by atoms with Gasteiger partial charge in [0.05, 0.1) is 25.4 Å². The number of aliphatic hydroxyl groups excluding tert-OH is 5. The van der Waals surface area contributed by atoms with Gasteiger partial charge in [0.15, 0.2) is 6.29 Å². The fourth-order valence-corrected chi connectivity index (χ4v) is 7.21. The average molecular weight is 770 g/mol. The van der Waals surface area contributed by atoms with Gasteiger partial charge in [-0.05, 0) is 12.8 Å². The Bertz CT molecular complexity index is 974. The normalized spacial score (nSPS) is 22.7. The zero-order chi connectivity index (χ0) is 38.6. The van der Waals surface area contributed by atoms with Gasteiger partial charge in [-0.15, -0.1) is 0 Å². The van der Waals surface area contributed by atoms with Crippen molar-refractivity contribution in [2.45, 2.75) is 223 Å². The highest BCUT2D eigenvalue weighted by Gasteiger charge is 2.48. The Hall–Kier alpha value is -0.940. The van der Waals surface area contributed by atoms with Gasteiger partial charge in [-0.2, -0.15) is 8.42 Å². The molecular formula is C38H75NO12S. The number of hydrogen-bond donors (Lipinski definition) is 7. The van der Waals surface area contributed by atoms with Gasteiger partial charge in [0, 0.05) is 0 Å². The van der Waals surface area contributed by atoms with Crippen LogP contribution in [-0.4, -0.2) is 107 Å². The van der Waals surface area contributed by atoms with Crippen LogP contribution in [0.3, 0.4) is 0 Å². The predicted octanol–water partition coefficient (Wildman–Crippen LogP) is 5.63. The molecule has 0 aromatic carbocycles. The number of nitrogens with one attached hydrogen (secondary N) is 1. The lowest BCUT2D eigenvalue weighted by Gasteiger charge is -2.41. The molecule has 0 bridgehead atoms. The molecule has 1 aliphatic rings. The maximum Gasteiger partial charge on any atom is 0.397 e. The van der Waals surface area contributed by atoms with Gasteiger partial charge in [-0.3, -0.25) is 9.35 Å². The van der Waals surface area contributed by atoms with Crippen LogP contribution in [0.25, 0.3) is 0 Å². The third kappa shape index (κ3) is 23.1. The van der Waals surface area contributed by atoms with Crippen LogP contribution in [-0.2, 0) is 28.9 Å². The topological polar surface area (TPSA) is 212 Å². The fraction of sp³-hybridized carbons (Fsp3) is 0.974. The van der Waals surface area contributed by atoms with Crippen LogP contribution in [0, 0.1) is 0 Å². The number of unbranched alkanes of at least 4 members (excludes halogenated alkanes) is 21. The number of carbonyl (C=O) groups is 1. The monoisotopic (exact) mass is 770 g/mol. The standard InChI is InChI=1S/C38H75NO12S/c1-3-5-7-9-11-12-13-14-15-16-17-18-19-21-23-25-27-32(42)37(45)39-30(31(41)26-24-22-20-10-8-6-4-2)29-49-38-35(44)36(51-52(46,47)48)34(43)33(28-40)50-38/h30-36,38,40-44H,3-29H2,1-2H3,(H,39,45)(H,46,47,48). The molecule has 1 heterocycles. The molecule has 14 heteroatoms. The van der Waals surface area contributed by atoms with Crippen LogP contribution in [0.5, 0.6) is 0 Å². The minimum atomic E-state index is -5.10. The van der Waals surface area contributed by atoms with Crippen LogP contribution in [0.15, 0.2) is 0 Å². The molecule has 52 heavy (non-hydrogen) atoms. The molecule has 0 radical (unpaired) electrons. The maximum atomic E-state index is 13.0. The van der Waals surface area contributed by atoms with Crippen molar-refractivity contribution in [2.75, 3.05) is 13.2 Å². The summed E-state index contributed by atoms with van der Waals surface area (Å²) in [4.78, 5) is 13.0. The first-order chi connectivity index (χ1) is 24.9. The number of hydrogen-bond acceptors (Lipinski definition) is 11. The van der Waals surface area contributed by atoms with Gasteiger partial charge < -0.3 is 40.3 Å². The molecule has 310 valence electrons. The minimum Gasteiger partial charge on any atom is -0.394 e. The van der Waals surface area contributed by atoms with E-state index in [9.17, 15) is 38.7 Å². The van der Waals surface area contributed by atoms with Crippen molar-refractivity contribution in [3.63, 3.8) is 0 Å². The second-order valence-electron chi connectivity index (χ2n) is 14.7. The highest BCUT2D eigenvalue weighted by atomic mass is 32.3. The zero-order valence-corrected chi connectivity index (χ0v) is 33.1. The summed E-state index contributed by atoms with van der Waals surface area (Å²) < 4.78 is 47.2. The summed E-state index contributed by atoms with van der Waals surface area (Å²) in [5.74, 6) is -0.672. The van der Waals surface area contributed by atoms with Crippen LogP contribution >= 0.6 is 0 Å². The van der Waals surface area contributed by atoms with E-state index in [0.29, 0.717) is 19.3 Å². The van der Waals surface area contributed by atoms with Gasteiger partial charge in [0.1, 0.15) is 30.5 Å². The van der Waals surface area contributed by atoms with Crippen molar-refractivity contribution in [2.24, 2.45) is 0 Å². The molecular weight excluding hydrogens is 694 g/mol. The lowest BCUT2D eigenvalue weighted by atomic mass is 9.99. The van der Waals surface area contributed by atoms with E-state index in [1.807, 2.05) is 0 Å². The van der Waals surface area contributed by atoms with Gasteiger partial charge in [-0.25, -0.2) is 4.18 Å². The van der Waals surface area contributed by atoms with Gasteiger partial charge in [0.25, 0.3) is 0 Å². The van der Waals surface area contributed by atoms with E-state index >= 15 is 0 Å². The molecule has 0 saturated carbocycles. The summed E-state index contributed by atoms with van der Waals surface area (Å²) in [6.45, 7) is 3.20. The third-order valence-electron chi connectivity index (χ3n) is 10.0. The van der Waals surface area contributed by atoms with Gasteiger partial charge in [-0.1, -0.05) is 162 Å². The van der Waals surface area contributed by atoms with E-state index < -0.39 is 78.5 Å². The molecule has 7 N–H and O–H groups in total. The average Bonchev–Trinajstić information content (AvgIpc) is 3.11. The number of aliphatic hydroxyl groups is 5.